The Balaban J connectivity index is 2.24. The number of amides is 1. The molecule has 6 heteroatoms. The molecule has 1 aliphatic heterocycles. The lowest BCUT2D eigenvalue weighted by molar-refractivity contribution is 0.0784. The second-order valence-electron chi connectivity index (χ2n) is 5.05. The van der Waals surface area contributed by atoms with Gasteiger partial charge in [-0.15, -0.1) is 0 Å². The summed E-state index contributed by atoms with van der Waals surface area (Å²) in [6, 6.07) is 5.32. The van der Waals surface area contributed by atoms with Crippen LogP contribution in [0.4, 0.5) is 0 Å². The first-order valence-electron chi connectivity index (χ1n) is 6.77. The van der Waals surface area contributed by atoms with Crippen LogP contribution < -0.4 is 9.47 Å². The first-order valence-corrected chi connectivity index (χ1v) is 7.15. The van der Waals surface area contributed by atoms with Crippen LogP contribution in [0.3, 0.4) is 0 Å². The highest BCUT2D eigenvalue weighted by atomic mass is 35.5. The SMILES string of the molecule is C[C@H](C#N)CN(C)C(=O)c1cc(Cl)c2c(c1)OCCCO2. The molecule has 0 saturated carbocycles. The Bertz CT molecular complexity index is 583. The maximum absolute atomic E-state index is 12.4. The molecule has 0 aromatic heterocycles. The third-order valence-electron chi connectivity index (χ3n) is 3.16. The molecule has 1 aromatic carbocycles. The lowest BCUT2D eigenvalue weighted by Gasteiger charge is -2.19. The number of fused-ring (bicyclic) bond motifs is 1. The fourth-order valence-electron chi connectivity index (χ4n) is 2.11. The van der Waals surface area contributed by atoms with Gasteiger partial charge in [0.05, 0.1) is 30.2 Å². The third kappa shape index (κ3) is 3.59. The molecular formula is C15H17ClN2O3. The molecule has 0 spiro atoms. The lowest BCUT2D eigenvalue weighted by Crippen LogP contribution is -2.30. The predicted molar refractivity (Wildman–Crippen MR) is 78.8 cm³/mol. The van der Waals surface area contributed by atoms with E-state index in [9.17, 15) is 4.79 Å². The molecule has 0 fully saturated rings. The van der Waals surface area contributed by atoms with Gasteiger partial charge in [0, 0.05) is 25.6 Å². The third-order valence-corrected chi connectivity index (χ3v) is 3.44. The van der Waals surface area contributed by atoms with E-state index in [1.165, 1.54) is 4.90 Å². The van der Waals surface area contributed by atoms with Gasteiger partial charge in [0.25, 0.3) is 5.91 Å². The van der Waals surface area contributed by atoms with E-state index in [0.29, 0.717) is 41.8 Å². The van der Waals surface area contributed by atoms with E-state index in [2.05, 4.69) is 6.07 Å². The minimum Gasteiger partial charge on any atom is -0.489 e. The monoisotopic (exact) mass is 308 g/mol. The van der Waals surface area contributed by atoms with Gasteiger partial charge in [-0.3, -0.25) is 4.79 Å². The Morgan fingerprint density at radius 3 is 2.90 bits per heavy atom. The van der Waals surface area contributed by atoms with Crippen molar-refractivity contribution in [3.05, 3.63) is 22.7 Å². The average molecular weight is 309 g/mol. The van der Waals surface area contributed by atoms with Crippen molar-refractivity contribution in [2.24, 2.45) is 5.92 Å². The first kappa shape index (κ1) is 15.5. The van der Waals surface area contributed by atoms with E-state index in [1.54, 1.807) is 26.1 Å². The molecule has 1 amide bonds. The number of benzene rings is 1. The second kappa shape index (κ2) is 6.68. The minimum absolute atomic E-state index is 0.199. The largest absolute Gasteiger partial charge is 0.489 e. The van der Waals surface area contributed by atoms with Gasteiger partial charge in [0.1, 0.15) is 0 Å². The Morgan fingerprint density at radius 1 is 1.48 bits per heavy atom. The number of hydrogen-bond donors (Lipinski definition) is 0. The summed E-state index contributed by atoms with van der Waals surface area (Å²) >= 11 is 6.17. The molecular weight excluding hydrogens is 292 g/mol. The molecule has 1 aliphatic rings. The topological polar surface area (TPSA) is 62.6 Å². The average Bonchev–Trinajstić information content (AvgIpc) is 2.71. The Kier molecular flexibility index (Phi) is 4.92. The molecule has 1 heterocycles. The highest BCUT2D eigenvalue weighted by Crippen LogP contribution is 2.38. The minimum atomic E-state index is -0.227. The van der Waals surface area contributed by atoms with Crippen molar-refractivity contribution >= 4 is 17.5 Å². The zero-order chi connectivity index (χ0) is 15.4. The molecule has 2 rings (SSSR count). The van der Waals surface area contributed by atoms with E-state index >= 15 is 0 Å². The summed E-state index contributed by atoms with van der Waals surface area (Å²) in [7, 11) is 1.66. The molecule has 5 nitrogen and oxygen atoms in total. The second-order valence-corrected chi connectivity index (χ2v) is 5.46. The maximum atomic E-state index is 12.4. The van der Waals surface area contributed by atoms with E-state index in [1.807, 2.05) is 0 Å². The Morgan fingerprint density at radius 2 is 2.19 bits per heavy atom. The summed E-state index contributed by atoms with van der Waals surface area (Å²) in [5.74, 6) is 0.549. The fraction of sp³-hybridized carbons (Fsp3) is 0.467. The van der Waals surface area contributed by atoms with Crippen LogP contribution in [0.1, 0.15) is 23.7 Å². The molecule has 0 aliphatic carbocycles. The van der Waals surface area contributed by atoms with Crippen LogP contribution in [0.25, 0.3) is 0 Å². The van der Waals surface area contributed by atoms with Gasteiger partial charge in [-0.2, -0.15) is 5.26 Å². The lowest BCUT2D eigenvalue weighted by atomic mass is 10.1. The summed E-state index contributed by atoms with van der Waals surface area (Å²) < 4.78 is 11.1. The van der Waals surface area contributed by atoms with Crippen LogP contribution >= 0.6 is 11.6 Å². The van der Waals surface area contributed by atoms with Crippen molar-refractivity contribution in [3.8, 4) is 17.6 Å². The van der Waals surface area contributed by atoms with Crippen LogP contribution in [-0.2, 0) is 0 Å². The van der Waals surface area contributed by atoms with Gasteiger partial charge in [0.15, 0.2) is 11.5 Å². The van der Waals surface area contributed by atoms with Crippen LogP contribution in [0.15, 0.2) is 12.1 Å². The molecule has 112 valence electrons. The summed E-state index contributed by atoms with van der Waals surface area (Å²) in [5, 5.41) is 9.18. The smallest absolute Gasteiger partial charge is 0.253 e. The molecule has 0 radical (unpaired) electrons. The van der Waals surface area contributed by atoms with Gasteiger partial charge in [-0.1, -0.05) is 11.6 Å². The van der Waals surface area contributed by atoms with Crippen LogP contribution in [-0.4, -0.2) is 37.6 Å². The van der Waals surface area contributed by atoms with E-state index in [4.69, 9.17) is 26.3 Å². The highest BCUT2D eigenvalue weighted by Gasteiger charge is 2.21. The predicted octanol–water partition coefficient (Wildman–Crippen LogP) is 2.73. The number of rotatable bonds is 3. The molecule has 1 aromatic rings. The zero-order valence-electron chi connectivity index (χ0n) is 12.1. The fourth-order valence-corrected chi connectivity index (χ4v) is 2.37. The quantitative estimate of drug-likeness (QED) is 0.861. The van der Waals surface area contributed by atoms with Crippen molar-refractivity contribution in [2.75, 3.05) is 26.8 Å². The van der Waals surface area contributed by atoms with Gasteiger partial charge in [-0.05, 0) is 19.1 Å². The molecule has 0 bridgehead atoms. The van der Waals surface area contributed by atoms with Gasteiger partial charge < -0.3 is 14.4 Å². The summed E-state index contributed by atoms with van der Waals surface area (Å²) in [4.78, 5) is 13.9. The maximum Gasteiger partial charge on any atom is 0.253 e. The zero-order valence-corrected chi connectivity index (χ0v) is 12.8. The number of hydrogen-bond acceptors (Lipinski definition) is 4. The number of nitriles is 1. The van der Waals surface area contributed by atoms with Gasteiger partial charge in [-0.25, -0.2) is 0 Å². The molecule has 0 unspecified atom stereocenters. The van der Waals surface area contributed by atoms with Crippen LogP contribution in [0, 0.1) is 17.2 Å². The van der Waals surface area contributed by atoms with Gasteiger partial charge in [0.2, 0.25) is 0 Å². The number of ether oxygens (including phenoxy) is 2. The van der Waals surface area contributed by atoms with Crippen molar-refractivity contribution in [3.63, 3.8) is 0 Å². The number of nitrogens with zero attached hydrogens (tertiary/aromatic N) is 2. The van der Waals surface area contributed by atoms with Crippen molar-refractivity contribution < 1.29 is 14.3 Å². The normalized spacial score (nSPS) is 14.8. The van der Waals surface area contributed by atoms with Crippen LogP contribution in [0.5, 0.6) is 11.5 Å². The first-order chi connectivity index (χ1) is 10.0. The van der Waals surface area contributed by atoms with E-state index in [0.717, 1.165) is 6.42 Å². The molecule has 1 atom stereocenters. The summed E-state index contributed by atoms with van der Waals surface area (Å²) in [6.07, 6.45) is 0.772. The number of carbonyl (C=O) groups excluding carboxylic acids is 1. The van der Waals surface area contributed by atoms with Crippen LogP contribution in [0.2, 0.25) is 5.02 Å². The van der Waals surface area contributed by atoms with E-state index in [-0.39, 0.29) is 11.8 Å². The molecule has 0 N–H and O–H groups in total. The Labute approximate surface area is 129 Å². The summed E-state index contributed by atoms with van der Waals surface area (Å²) in [5.41, 5.74) is 0.428. The van der Waals surface area contributed by atoms with E-state index < -0.39 is 0 Å². The standard InChI is InChI=1S/C15H17ClN2O3/c1-10(8-17)9-18(2)15(19)11-6-12(16)14-13(7-11)20-4-3-5-21-14/h6-7,10H,3-5,9H2,1-2H3/t10-/m1/s1. The van der Waals surface area contributed by atoms with Crippen molar-refractivity contribution in [1.82, 2.24) is 4.90 Å². The van der Waals surface area contributed by atoms with Crippen molar-refractivity contribution in [1.29, 1.82) is 5.26 Å². The molecule has 21 heavy (non-hydrogen) atoms. The summed E-state index contributed by atoms with van der Waals surface area (Å²) in [6.45, 7) is 3.20. The number of halogens is 1. The Hall–Kier alpha value is -1.93. The highest BCUT2D eigenvalue weighted by molar-refractivity contribution is 6.32. The van der Waals surface area contributed by atoms with Crippen molar-refractivity contribution in [2.45, 2.75) is 13.3 Å². The number of carbonyl (C=O) groups is 1. The van der Waals surface area contributed by atoms with Gasteiger partial charge >= 0.3 is 0 Å². The molecule has 0 saturated heterocycles.